The maximum atomic E-state index is 11.3. The van der Waals surface area contributed by atoms with Crippen LogP contribution in [0.15, 0.2) is 16.5 Å². The average molecular weight is 185 g/mol. The summed E-state index contributed by atoms with van der Waals surface area (Å²) in [5.74, 6) is 0.532. The van der Waals surface area contributed by atoms with Gasteiger partial charge in [-0.3, -0.25) is 0 Å². The molecule has 1 aromatic heterocycles. The van der Waals surface area contributed by atoms with Crippen LogP contribution in [0.3, 0.4) is 0 Å². The van der Waals surface area contributed by atoms with Crippen LogP contribution in [0, 0.1) is 6.26 Å². The zero-order valence-corrected chi connectivity index (χ0v) is 7.52. The van der Waals surface area contributed by atoms with Gasteiger partial charge in [-0.1, -0.05) is 0 Å². The van der Waals surface area contributed by atoms with Gasteiger partial charge in [-0.15, -0.1) is 0 Å². The molecule has 3 nitrogen and oxygen atoms in total. The maximum absolute atomic E-state index is 11.3. The molecule has 1 heterocycles. The molecule has 1 aromatic rings. The second-order valence-electron chi connectivity index (χ2n) is 3.18. The monoisotopic (exact) mass is 185 g/mol. The van der Waals surface area contributed by atoms with Crippen molar-refractivity contribution in [3.63, 3.8) is 0 Å². The second kappa shape index (κ2) is 2.13. The van der Waals surface area contributed by atoms with Crippen LogP contribution < -0.4 is 0 Å². The summed E-state index contributed by atoms with van der Waals surface area (Å²) in [7, 11) is -3.03. The summed E-state index contributed by atoms with van der Waals surface area (Å²) in [6.45, 7) is 0. The molecule has 1 saturated carbocycles. The Hall–Kier alpha value is -0.770. The van der Waals surface area contributed by atoms with E-state index in [1.165, 1.54) is 6.26 Å². The van der Waals surface area contributed by atoms with Gasteiger partial charge in [0, 0.05) is 6.26 Å². The molecule has 1 fully saturated rings. The van der Waals surface area contributed by atoms with Gasteiger partial charge in [-0.05, 0) is 25.0 Å². The van der Waals surface area contributed by atoms with Crippen LogP contribution in [0.4, 0.5) is 0 Å². The minimum Gasteiger partial charge on any atom is -0.456 e. The van der Waals surface area contributed by atoms with Gasteiger partial charge < -0.3 is 4.42 Å². The van der Waals surface area contributed by atoms with Crippen molar-refractivity contribution in [2.75, 3.05) is 6.26 Å². The first-order valence-electron chi connectivity index (χ1n) is 3.72. The molecular weight excluding hydrogens is 176 g/mol. The largest absolute Gasteiger partial charge is 0.456 e. The van der Waals surface area contributed by atoms with Crippen molar-refractivity contribution < 1.29 is 12.8 Å². The van der Waals surface area contributed by atoms with E-state index in [2.05, 4.69) is 6.26 Å². The van der Waals surface area contributed by atoms with E-state index < -0.39 is 14.6 Å². The summed E-state index contributed by atoms with van der Waals surface area (Å²) in [5, 5.41) is 0. The predicted octanol–water partition coefficient (Wildman–Crippen LogP) is 1.11. The molecule has 65 valence electrons. The number of rotatable bonds is 2. The van der Waals surface area contributed by atoms with Gasteiger partial charge in [0.25, 0.3) is 0 Å². The van der Waals surface area contributed by atoms with Crippen LogP contribution in [0.5, 0.6) is 0 Å². The fourth-order valence-corrected chi connectivity index (χ4v) is 2.72. The third-order valence-electron chi connectivity index (χ3n) is 2.33. The summed E-state index contributed by atoms with van der Waals surface area (Å²) < 4.78 is 26.9. The van der Waals surface area contributed by atoms with Crippen molar-refractivity contribution in [1.29, 1.82) is 0 Å². The summed E-state index contributed by atoms with van der Waals surface area (Å²) in [5.41, 5.74) is 0. The first-order valence-corrected chi connectivity index (χ1v) is 5.61. The summed E-state index contributed by atoms with van der Waals surface area (Å²) >= 11 is 0. The van der Waals surface area contributed by atoms with Crippen molar-refractivity contribution in [1.82, 2.24) is 0 Å². The summed E-state index contributed by atoms with van der Waals surface area (Å²) in [6, 6.07) is 3.27. The summed E-state index contributed by atoms with van der Waals surface area (Å²) in [6.07, 6.45) is 5.11. The topological polar surface area (TPSA) is 47.3 Å². The van der Waals surface area contributed by atoms with Gasteiger partial charge in [0.2, 0.25) is 0 Å². The third-order valence-corrected chi connectivity index (χ3v) is 4.36. The SMILES string of the molecule is CS(=O)(=O)C1(c2cc[c]o2)CC1. The van der Waals surface area contributed by atoms with Crippen LogP contribution in [0.25, 0.3) is 0 Å². The smallest absolute Gasteiger partial charge is 0.169 e. The number of furan rings is 1. The van der Waals surface area contributed by atoms with Crippen LogP contribution in [-0.2, 0) is 14.6 Å². The Morgan fingerprint density at radius 1 is 1.58 bits per heavy atom. The van der Waals surface area contributed by atoms with Crippen molar-refractivity contribution in [2.24, 2.45) is 0 Å². The zero-order valence-electron chi connectivity index (χ0n) is 6.70. The molecule has 2 rings (SSSR count). The zero-order chi connectivity index (χ0) is 8.82. The highest BCUT2D eigenvalue weighted by Crippen LogP contribution is 2.52. The molecule has 12 heavy (non-hydrogen) atoms. The lowest BCUT2D eigenvalue weighted by Gasteiger charge is -2.08. The van der Waals surface area contributed by atoms with Gasteiger partial charge in [-0.2, -0.15) is 0 Å². The van der Waals surface area contributed by atoms with Crippen molar-refractivity contribution >= 4 is 9.84 Å². The number of hydrogen-bond acceptors (Lipinski definition) is 3. The highest BCUT2D eigenvalue weighted by molar-refractivity contribution is 7.91. The van der Waals surface area contributed by atoms with E-state index in [0.29, 0.717) is 18.6 Å². The van der Waals surface area contributed by atoms with E-state index in [9.17, 15) is 8.42 Å². The predicted molar refractivity (Wildman–Crippen MR) is 43.3 cm³/mol. The normalized spacial score (nSPS) is 20.8. The third kappa shape index (κ3) is 0.909. The Morgan fingerprint density at radius 3 is 2.58 bits per heavy atom. The van der Waals surface area contributed by atoms with Gasteiger partial charge in [-0.25, -0.2) is 8.42 Å². The lowest BCUT2D eigenvalue weighted by Crippen LogP contribution is -2.18. The van der Waals surface area contributed by atoms with Crippen molar-refractivity contribution in [3.8, 4) is 0 Å². The highest BCUT2D eigenvalue weighted by Gasteiger charge is 2.55. The molecule has 1 aliphatic rings. The van der Waals surface area contributed by atoms with E-state index in [-0.39, 0.29) is 0 Å². The fraction of sp³-hybridized carbons (Fsp3) is 0.500. The van der Waals surface area contributed by atoms with Gasteiger partial charge in [0.15, 0.2) is 16.1 Å². The van der Waals surface area contributed by atoms with Crippen LogP contribution in [0.1, 0.15) is 18.6 Å². The van der Waals surface area contributed by atoms with Crippen LogP contribution in [0.2, 0.25) is 0 Å². The standard InChI is InChI=1S/C8H9O3S/c1-12(9,10)8(4-5-8)7-3-2-6-11-7/h2-3H,4-5H2,1H3. The highest BCUT2D eigenvalue weighted by atomic mass is 32.2. The molecule has 0 amide bonds. The van der Waals surface area contributed by atoms with Crippen molar-refractivity contribution in [3.05, 3.63) is 24.2 Å². The van der Waals surface area contributed by atoms with Crippen LogP contribution >= 0.6 is 0 Å². The lowest BCUT2D eigenvalue weighted by molar-refractivity contribution is 0.480. The number of sulfone groups is 1. The Kier molecular flexibility index (Phi) is 1.39. The van der Waals surface area contributed by atoms with Crippen LogP contribution in [-0.4, -0.2) is 14.7 Å². The van der Waals surface area contributed by atoms with Gasteiger partial charge >= 0.3 is 0 Å². The fourth-order valence-electron chi connectivity index (χ4n) is 1.40. The Labute approximate surface area is 71.3 Å². The molecule has 0 saturated heterocycles. The quantitative estimate of drug-likeness (QED) is 0.693. The van der Waals surface area contributed by atoms with E-state index in [1.54, 1.807) is 12.1 Å². The molecule has 0 aliphatic heterocycles. The lowest BCUT2D eigenvalue weighted by atomic mass is 10.3. The molecule has 0 spiro atoms. The first-order chi connectivity index (χ1) is 5.56. The second-order valence-corrected chi connectivity index (χ2v) is 5.51. The number of hydrogen-bond donors (Lipinski definition) is 0. The molecule has 1 aliphatic carbocycles. The molecule has 0 atom stereocenters. The first kappa shape index (κ1) is 7.86. The Morgan fingerprint density at radius 2 is 2.25 bits per heavy atom. The van der Waals surface area contributed by atoms with E-state index in [1.807, 2.05) is 0 Å². The Bertz CT molecular complexity index is 370. The molecular formula is C8H9O3S. The minimum atomic E-state index is -3.03. The van der Waals surface area contributed by atoms with Crippen molar-refractivity contribution in [2.45, 2.75) is 17.6 Å². The van der Waals surface area contributed by atoms with E-state index in [0.717, 1.165) is 0 Å². The molecule has 0 aromatic carbocycles. The van der Waals surface area contributed by atoms with E-state index >= 15 is 0 Å². The molecule has 1 radical (unpaired) electrons. The average Bonchev–Trinajstić information content (AvgIpc) is 2.61. The van der Waals surface area contributed by atoms with Gasteiger partial charge in [0.1, 0.15) is 10.5 Å². The molecule has 4 heteroatoms. The summed E-state index contributed by atoms with van der Waals surface area (Å²) in [4.78, 5) is 0. The molecule has 0 unspecified atom stereocenters. The Balaban J connectivity index is 2.49. The molecule has 0 bridgehead atoms. The van der Waals surface area contributed by atoms with E-state index in [4.69, 9.17) is 4.42 Å². The minimum absolute atomic E-state index is 0.532. The maximum Gasteiger partial charge on any atom is 0.169 e. The molecule has 0 N–H and O–H groups in total. The van der Waals surface area contributed by atoms with Gasteiger partial charge in [0.05, 0.1) is 0 Å².